The predicted octanol–water partition coefficient (Wildman–Crippen LogP) is 6.24. The van der Waals surface area contributed by atoms with Crippen molar-refractivity contribution in [3.05, 3.63) is 35.9 Å². The van der Waals surface area contributed by atoms with Crippen LogP contribution in [0.15, 0.2) is 30.3 Å². The SMILES string of the molecule is CCCCCCCCCC(OC(=O)Cl)c1ccccc1. The standard InChI is InChI=1S/C17H25ClO2/c1-2-3-4-5-6-7-11-14-16(20-17(18)19)15-12-9-8-10-13-15/h8-10,12-13,16H,2-7,11,14H2,1H3. The van der Waals surface area contributed by atoms with E-state index in [1.807, 2.05) is 30.3 Å². The molecule has 0 aliphatic heterocycles. The molecule has 0 amide bonds. The van der Waals surface area contributed by atoms with Gasteiger partial charge in [0.15, 0.2) is 0 Å². The molecule has 0 bridgehead atoms. The van der Waals surface area contributed by atoms with E-state index < -0.39 is 5.43 Å². The number of hydrogen-bond acceptors (Lipinski definition) is 2. The summed E-state index contributed by atoms with van der Waals surface area (Å²) < 4.78 is 5.21. The van der Waals surface area contributed by atoms with Gasteiger partial charge in [-0.15, -0.1) is 0 Å². The van der Waals surface area contributed by atoms with Crippen molar-refractivity contribution >= 4 is 17.0 Å². The van der Waals surface area contributed by atoms with E-state index >= 15 is 0 Å². The maximum atomic E-state index is 11.0. The van der Waals surface area contributed by atoms with Crippen LogP contribution in [0.5, 0.6) is 0 Å². The summed E-state index contributed by atoms with van der Waals surface area (Å²) in [7, 11) is 0. The Morgan fingerprint density at radius 2 is 1.65 bits per heavy atom. The molecule has 0 N–H and O–H groups in total. The van der Waals surface area contributed by atoms with Crippen molar-refractivity contribution in [3.8, 4) is 0 Å². The summed E-state index contributed by atoms with van der Waals surface area (Å²) in [6.45, 7) is 2.23. The largest absolute Gasteiger partial charge is 0.445 e. The molecule has 1 aromatic rings. The lowest BCUT2D eigenvalue weighted by molar-refractivity contribution is 0.114. The van der Waals surface area contributed by atoms with Gasteiger partial charge in [0.05, 0.1) is 0 Å². The van der Waals surface area contributed by atoms with E-state index in [0.29, 0.717) is 0 Å². The topological polar surface area (TPSA) is 26.3 Å². The third-order valence-corrected chi connectivity index (χ3v) is 3.57. The number of carbonyl (C=O) groups excluding carboxylic acids is 1. The number of ether oxygens (including phenoxy) is 1. The van der Waals surface area contributed by atoms with Crippen molar-refractivity contribution in [1.29, 1.82) is 0 Å². The number of hydrogen-bond donors (Lipinski definition) is 0. The molecule has 0 spiro atoms. The van der Waals surface area contributed by atoms with Gasteiger partial charge >= 0.3 is 5.43 Å². The first-order valence-corrected chi connectivity index (χ1v) is 8.03. The molecule has 0 saturated heterocycles. The Hall–Kier alpha value is -1.02. The van der Waals surface area contributed by atoms with E-state index in [9.17, 15) is 4.79 Å². The molecule has 1 rings (SSSR count). The molecular formula is C17H25ClO2. The lowest BCUT2D eigenvalue weighted by Crippen LogP contribution is -2.06. The molecule has 1 atom stereocenters. The molecule has 0 aliphatic rings. The Morgan fingerprint density at radius 1 is 1.05 bits per heavy atom. The van der Waals surface area contributed by atoms with Crippen molar-refractivity contribution < 1.29 is 9.53 Å². The van der Waals surface area contributed by atoms with Crippen LogP contribution in [0, 0.1) is 0 Å². The van der Waals surface area contributed by atoms with E-state index in [2.05, 4.69) is 6.92 Å². The second-order valence-corrected chi connectivity index (χ2v) is 5.47. The highest BCUT2D eigenvalue weighted by Gasteiger charge is 2.14. The minimum atomic E-state index is -0.721. The third-order valence-electron chi connectivity index (χ3n) is 3.48. The minimum Gasteiger partial charge on any atom is -0.445 e. The monoisotopic (exact) mass is 296 g/mol. The fraction of sp³-hybridized carbons (Fsp3) is 0.588. The highest BCUT2D eigenvalue weighted by atomic mass is 35.5. The number of unbranched alkanes of at least 4 members (excludes halogenated alkanes) is 6. The molecule has 2 nitrogen and oxygen atoms in total. The summed E-state index contributed by atoms with van der Waals surface area (Å²) in [5.41, 5.74) is 0.300. The van der Waals surface area contributed by atoms with Crippen LogP contribution < -0.4 is 0 Å². The van der Waals surface area contributed by atoms with Crippen molar-refractivity contribution in [1.82, 2.24) is 0 Å². The Balaban J connectivity index is 2.29. The fourth-order valence-corrected chi connectivity index (χ4v) is 2.47. The van der Waals surface area contributed by atoms with E-state index in [-0.39, 0.29) is 6.10 Å². The van der Waals surface area contributed by atoms with Gasteiger partial charge in [0.2, 0.25) is 0 Å². The molecule has 3 heteroatoms. The zero-order chi connectivity index (χ0) is 14.6. The smallest absolute Gasteiger partial charge is 0.404 e. The lowest BCUT2D eigenvalue weighted by atomic mass is 10.0. The van der Waals surface area contributed by atoms with Crippen molar-refractivity contribution in [2.24, 2.45) is 0 Å². The fourth-order valence-electron chi connectivity index (χ4n) is 2.36. The molecule has 20 heavy (non-hydrogen) atoms. The minimum absolute atomic E-state index is 0.211. The van der Waals surface area contributed by atoms with Crippen LogP contribution in [-0.2, 0) is 4.74 Å². The van der Waals surface area contributed by atoms with E-state index in [1.165, 1.54) is 38.5 Å². The van der Waals surface area contributed by atoms with Gasteiger partial charge < -0.3 is 4.74 Å². The van der Waals surface area contributed by atoms with Crippen LogP contribution in [-0.4, -0.2) is 5.43 Å². The van der Waals surface area contributed by atoms with Gasteiger partial charge in [0.1, 0.15) is 6.10 Å². The van der Waals surface area contributed by atoms with Crippen LogP contribution in [0.2, 0.25) is 0 Å². The average molecular weight is 297 g/mol. The van der Waals surface area contributed by atoms with Gasteiger partial charge in [-0.3, -0.25) is 0 Å². The highest BCUT2D eigenvalue weighted by Crippen LogP contribution is 2.25. The summed E-state index contributed by atoms with van der Waals surface area (Å²) in [4.78, 5) is 11.0. The Labute approximate surface area is 127 Å². The molecule has 1 aromatic carbocycles. The molecule has 0 fully saturated rings. The Morgan fingerprint density at radius 3 is 2.25 bits per heavy atom. The second kappa shape index (κ2) is 10.7. The summed E-state index contributed by atoms with van der Waals surface area (Å²) in [5.74, 6) is 0. The van der Waals surface area contributed by atoms with Crippen molar-refractivity contribution in [3.63, 3.8) is 0 Å². The molecule has 112 valence electrons. The molecule has 0 aliphatic carbocycles. The summed E-state index contributed by atoms with van der Waals surface area (Å²) in [5, 5.41) is 0. The lowest BCUT2D eigenvalue weighted by Gasteiger charge is -2.16. The first-order valence-electron chi connectivity index (χ1n) is 7.65. The quantitative estimate of drug-likeness (QED) is 0.377. The van der Waals surface area contributed by atoms with E-state index in [0.717, 1.165) is 18.4 Å². The predicted molar refractivity (Wildman–Crippen MR) is 84.1 cm³/mol. The number of carbonyl (C=O) groups is 1. The Kier molecular flexibility index (Phi) is 9.14. The van der Waals surface area contributed by atoms with Gasteiger partial charge in [0, 0.05) is 11.6 Å². The van der Waals surface area contributed by atoms with Crippen LogP contribution in [0.1, 0.15) is 70.0 Å². The van der Waals surface area contributed by atoms with E-state index in [4.69, 9.17) is 16.3 Å². The number of rotatable bonds is 10. The maximum Gasteiger partial charge on any atom is 0.404 e. The van der Waals surface area contributed by atoms with Gasteiger partial charge in [-0.1, -0.05) is 75.8 Å². The van der Waals surface area contributed by atoms with Crippen LogP contribution in [0.25, 0.3) is 0 Å². The zero-order valence-corrected chi connectivity index (χ0v) is 13.1. The zero-order valence-electron chi connectivity index (χ0n) is 12.3. The van der Waals surface area contributed by atoms with Crippen LogP contribution in [0.4, 0.5) is 4.79 Å². The Bertz CT molecular complexity index is 365. The summed E-state index contributed by atoms with van der Waals surface area (Å²) in [6.07, 6.45) is 9.39. The molecule has 0 radical (unpaired) electrons. The van der Waals surface area contributed by atoms with Crippen molar-refractivity contribution in [2.75, 3.05) is 0 Å². The van der Waals surface area contributed by atoms with Crippen LogP contribution >= 0.6 is 11.6 Å². The molecular weight excluding hydrogens is 272 g/mol. The molecule has 0 heterocycles. The highest BCUT2D eigenvalue weighted by molar-refractivity contribution is 6.61. The molecule has 0 aromatic heterocycles. The van der Waals surface area contributed by atoms with Gasteiger partial charge in [-0.05, 0) is 18.4 Å². The third kappa shape index (κ3) is 7.54. The number of halogens is 1. The molecule has 0 saturated carbocycles. The van der Waals surface area contributed by atoms with E-state index in [1.54, 1.807) is 0 Å². The number of benzene rings is 1. The van der Waals surface area contributed by atoms with Gasteiger partial charge in [0.25, 0.3) is 0 Å². The first kappa shape index (κ1) is 17.0. The van der Waals surface area contributed by atoms with Gasteiger partial charge in [-0.2, -0.15) is 0 Å². The summed E-state index contributed by atoms with van der Waals surface area (Å²) in [6, 6.07) is 9.82. The first-order chi connectivity index (χ1) is 9.74. The summed E-state index contributed by atoms with van der Waals surface area (Å²) >= 11 is 5.36. The van der Waals surface area contributed by atoms with Crippen LogP contribution in [0.3, 0.4) is 0 Å². The molecule has 1 unspecified atom stereocenters. The normalized spacial score (nSPS) is 12.1. The van der Waals surface area contributed by atoms with Gasteiger partial charge in [-0.25, -0.2) is 4.79 Å². The van der Waals surface area contributed by atoms with Crippen molar-refractivity contribution in [2.45, 2.75) is 64.4 Å². The average Bonchev–Trinajstić information content (AvgIpc) is 2.45. The maximum absolute atomic E-state index is 11.0. The second-order valence-electron chi connectivity index (χ2n) is 5.16.